The standard InChI is InChI=1S/C15H32/c1-8-14(6)11-15(7,13(4)5)10-9-12(2)3/h12-14H,8-11H2,1-7H3. The van der Waals surface area contributed by atoms with Gasteiger partial charge < -0.3 is 0 Å². The fourth-order valence-corrected chi connectivity index (χ4v) is 2.19. The third-order valence-corrected chi connectivity index (χ3v) is 4.20. The molecule has 2 atom stereocenters. The van der Waals surface area contributed by atoms with Crippen molar-refractivity contribution in [3.63, 3.8) is 0 Å². The maximum absolute atomic E-state index is 2.49. The van der Waals surface area contributed by atoms with Crippen molar-refractivity contribution < 1.29 is 0 Å². The van der Waals surface area contributed by atoms with Crippen LogP contribution in [0.1, 0.15) is 74.1 Å². The summed E-state index contributed by atoms with van der Waals surface area (Å²) < 4.78 is 0. The molecule has 0 nitrogen and oxygen atoms in total. The zero-order chi connectivity index (χ0) is 12.1. The molecule has 0 N–H and O–H groups in total. The maximum Gasteiger partial charge on any atom is -0.0300 e. The zero-order valence-electron chi connectivity index (χ0n) is 12.1. The highest BCUT2D eigenvalue weighted by Gasteiger charge is 2.29. The Morgan fingerprint density at radius 2 is 1.53 bits per heavy atom. The molecule has 0 aromatic carbocycles. The van der Waals surface area contributed by atoms with Crippen molar-refractivity contribution in [3.8, 4) is 0 Å². The quantitative estimate of drug-likeness (QED) is 0.521. The molecule has 0 heterocycles. The Bertz CT molecular complexity index is 157. The molecule has 0 bridgehead atoms. The summed E-state index contributed by atoms with van der Waals surface area (Å²) in [6.45, 7) is 16.7. The van der Waals surface area contributed by atoms with Crippen molar-refractivity contribution >= 4 is 0 Å². The van der Waals surface area contributed by atoms with Crippen molar-refractivity contribution in [3.05, 3.63) is 0 Å². The molecule has 0 aromatic heterocycles. The summed E-state index contributed by atoms with van der Waals surface area (Å²) in [5.74, 6) is 2.54. The van der Waals surface area contributed by atoms with E-state index in [1.54, 1.807) is 0 Å². The normalized spacial score (nSPS) is 18.2. The van der Waals surface area contributed by atoms with Gasteiger partial charge in [0.05, 0.1) is 0 Å². The first-order chi connectivity index (χ1) is 6.81. The molecule has 0 aromatic rings. The van der Waals surface area contributed by atoms with Crippen molar-refractivity contribution in [1.29, 1.82) is 0 Å². The minimum absolute atomic E-state index is 0.555. The highest BCUT2D eigenvalue weighted by Crippen LogP contribution is 2.40. The van der Waals surface area contributed by atoms with Gasteiger partial charge in [-0.3, -0.25) is 0 Å². The summed E-state index contributed by atoms with van der Waals surface area (Å²) in [6.07, 6.45) is 5.50. The van der Waals surface area contributed by atoms with Crippen LogP contribution < -0.4 is 0 Å². The minimum atomic E-state index is 0.555. The number of hydrogen-bond acceptors (Lipinski definition) is 0. The van der Waals surface area contributed by atoms with Crippen molar-refractivity contribution in [1.82, 2.24) is 0 Å². The van der Waals surface area contributed by atoms with Gasteiger partial charge in [-0.15, -0.1) is 0 Å². The van der Waals surface area contributed by atoms with Gasteiger partial charge in [0.25, 0.3) is 0 Å². The molecule has 0 saturated heterocycles. The molecule has 2 unspecified atom stereocenters. The Hall–Kier alpha value is 0. The largest absolute Gasteiger partial charge is 0.0651 e. The Kier molecular flexibility index (Phi) is 6.55. The molecule has 0 aliphatic carbocycles. The van der Waals surface area contributed by atoms with Gasteiger partial charge in [0, 0.05) is 0 Å². The molecular formula is C15H32. The fourth-order valence-electron chi connectivity index (χ4n) is 2.19. The van der Waals surface area contributed by atoms with E-state index in [2.05, 4.69) is 48.5 Å². The van der Waals surface area contributed by atoms with Crippen molar-refractivity contribution in [2.45, 2.75) is 74.1 Å². The van der Waals surface area contributed by atoms with E-state index in [1.165, 1.54) is 25.7 Å². The second kappa shape index (κ2) is 6.55. The molecule has 0 radical (unpaired) electrons. The van der Waals surface area contributed by atoms with Crippen LogP contribution in [0.15, 0.2) is 0 Å². The summed E-state index contributed by atoms with van der Waals surface area (Å²) >= 11 is 0. The number of rotatable bonds is 7. The lowest BCUT2D eigenvalue weighted by Crippen LogP contribution is -2.26. The van der Waals surface area contributed by atoms with Gasteiger partial charge in [0.15, 0.2) is 0 Å². The van der Waals surface area contributed by atoms with Crippen LogP contribution in [-0.2, 0) is 0 Å². The third kappa shape index (κ3) is 5.58. The van der Waals surface area contributed by atoms with Crippen LogP contribution in [0.5, 0.6) is 0 Å². The highest BCUT2D eigenvalue weighted by molar-refractivity contribution is 4.80. The Balaban J connectivity index is 4.31. The molecule has 0 fully saturated rings. The zero-order valence-corrected chi connectivity index (χ0v) is 12.1. The summed E-state index contributed by atoms with van der Waals surface area (Å²) in [5, 5.41) is 0. The molecule has 0 saturated carbocycles. The van der Waals surface area contributed by atoms with Crippen LogP contribution in [0.2, 0.25) is 0 Å². The van der Waals surface area contributed by atoms with E-state index in [1.807, 2.05) is 0 Å². The molecule has 0 aliphatic rings. The van der Waals surface area contributed by atoms with Crippen LogP contribution >= 0.6 is 0 Å². The second-order valence-electron chi connectivity index (χ2n) is 6.46. The van der Waals surface area contributed by atoms with Gasteiger partial charge in [-0.05, 0) is 36.0 Å². The average molecular weight is 212 g/mol. The SMILES string of the molecule is CCC(C)CC(C)(CCC(C)C)C(C)C. The van der Waals surface area contributed by atoms with Crippen LogP contribution in [0, 0.1) is 23.2 Å². The van der Waals surface area contributed by atoms with Gasteiger partial charge >= 0.3 is 0 Å². The van der Waals surface area contributed by atoms with Crippen molar-refractivity contribution in [2.24, 2.45) is 23.2 Å². The van der Waals surface area contributed by atoms with E-state index in [9.17, 15) is 0 Å². The Labute approximate surface area is 97.8 Å². The smallest absolute Gasteiger partial charge is 0.0300 e. The first-order valence-electron chi connectivity index (χ1n) is 6.81. The molecule has 0 heteroatoms. The van der Waals surface area contributed by atoms with E-state index in [0.717, 1.165) is 17.8 Å². The maximum atomic E-state index is 2.49. The van der Waals surface area contributed by atoms with Crippen LogP contribution in [0.4, 0.5) is 0 Å². The molecule has 0 amide bonds. The predicted molar refractivity (Wildman–Crippen MR) is 71.1 cm³/mol. The Morgan fingerprint density at radius 1 is 1.00 bits per heavy atom. The predicted octanol–water partition coefficient (Wildman–Crippen LogP) is 5.52. The third-order valence-electron chi connectivity index (χ3n) is 4.20. The van der Waals surface area contributed by atoms with E-state index in [-0.39, 0.29) is 0 Å². The average Bonchev–Trinajstić information content (AvgIpc) is 2.14. The lowest BCUT2D eigenvalue weighted by atomic mass is 9.69. The fraction of sp³-hybridized carbons (Fsp3) is 1.00. The van der Waals surface area contributed by atoms with Crippen LogP contribution in [-0.4, -0.2) is 0 Å². The van der Waals surface area contributed by atoms with Gasteiger partial charge in [0.2, 0.25) is 0 Å². The monoisotopic (exact) mass is 212 g/mol. The van der Waals surface area contributed by atoms with Gasteiger partial charge in [-0.2, -0.15) is 0 Å². The molecule has 15 heavy (non-hydrogen) atoms. The summed E-state index contributed by atoms with van der Waals surface area (Å²) in [6, 6.07) is 0. The van der Waals surface area contributed by atoms with E-state index in [0.29, 0.717) is 5.41 Å². The molecule has 0 rings (SSSR count). The molecular weight excluding hydrogens is 180 g/mol. The van der Waals surface area contributed by atoms with Crippen molar-refractivity contribution in [2.75, 3.05) is 0 Å². The van der Waals surface area contributed by atoms with Crippen LogP contribution in [0.3, 0.4) is 0 Å². The minimum Gasteiger partial charge on any atom is -0.0651 e. The van der Waals surface area contributed by atoms with E-state index >= 15 is 0 Å². The lowest BCUT2D eigenvalue weighted by Gasteiger charge is -2.37. The first-order valence-corrected chi connectivity index (χ1v) is 6.81. The van der Waals surface area contributed by atoms with Gasteiger partial charge in [-0.1, -0.05) is 61.3 Å². The topological polar surface area (TPSA) is 0 Å². The molecule has 0 aliphatic heterocycles. The van der Waals surface area contributed by atoms with E-state index < -0.39 is 0 Å². The van der Waals surface area contributed by atoms with Crippen LogP contribution in [0.25, 0.3) is 0 Å². The lowest BCUT2D eigenvalue weighted by molar-refractivity contribution is 0.140. The number of hydrogen-bond donors (Lipinski definition) is 0. The molecule has 92 valence electrons. The second-order valence-corrected chi connectivity index (χ2v) is 6.46. The Morgan fingerprint density at radius 3 is 1.87 bits per heavy atom. The van der Waals surface area contributed by atoms with E-state index in [4.69, 9.17) is 0 Å². The molecule has 0 spiro atoms. The summed E-state index contributed by atoms with van der Waals surface area (Å²) in [4.78, 5) is 0. The summed E-state index contributed by atoms with van der Waals surface area (Å²) in [5.41, 5.74) is 0.555. The highest BCUT2D eigenvalue weighted by atomic mass is 14.3. The first kappa shape index (κ1) is 15.0. The van der Waals surface area contributed by atoms with Gasteiger partial charge in [0.1, 0.15) is 0 Å². The van der Waals surface area contributed by atoms with Gasteiger partial charge in [-0.25, -0.2) is 0 Å². The summed E-state index contributed by atoms with van der Waals surface area (Å²) in [7, 11) is 0.